The van der Waals surface area contributed by atoms with E-state index in [1.807, 2.05) is 0 Å². The van der Waals surface area contributed by atoms with Crippen molar-refractivity contribution < 1.29 is 29.3 Å². The fourth-order valence-electron chi connectivity index (χ4n) is 3.67. The summed E-state index contributed by atoms with van der Waals surface area (Å²) in [5.41, 5.74) is 0. The molecule has 1 saturated carbocycles. The van der Waals surface area contributed by atoms with Crippen LogP contribution in [0, 0.1) is 5.92 Å². The maximum absolute atomic E-state index is 12.5. The van der Waals surface area contributed by atoms with Gasteiger partial charge in [-0.15, -0.1) is 0 Å². The lowest BCUT2D eigenvalue weighted by Crippen LogP contribution is -2.42. The summed E-state index contributed by atoms with van der Waals surface area (Å²) in [4.78, 5) is 26.0. The number of rotatable bonds is 7. The standard InChI is InChI=1S/C17H28N2O6/c1-24-9-11-3-2-6-19(11)14(20)7-12-15(21)16(22)13(25-12)8-18-17(23)10-4-5-10/h10-13,15-16,21-22H,2-9H2,1H3,(H,18,23). The second kappa shape index (κ2) is 7.99. The molecule has 0 aromatic rings. The summed E-state index contributed by atoms with van der Waals surface area (Å²) in [6, 6.07) is 0.0644. The van der Waals surface area contributed by atoms with Crippen LogP contribution in [0.25, 0.3) is 0 Å². The van der Waals surface area contributed by atoms with Crippen LogP contribution in [-0.2, 0) is 19.1 Å². The molecule has 0 radical (unpaired) electrons. The van der Waals surface area contributed by atoms with Crippen LogP contribution in [-0.4, -0.2) is 84.2 Å². The van der Waals surface area contributed by atoms with Crippen molar-refractivity contribution in [2.75, 3.05) is 26.8 Å². The van der Waals surface area contributed by atoms with Crippen LogP contribution in [0.5, 0.6) is 0 Å². The van der Waals surface area contributed by atoms with Crippen molar-refractivity contribution in [3.05, 3.63) is 0 Å². The highest BCUT2D eigenvalue weighted by Crippen LogP contribution is 2.29. The molecule has 142 valence electrons. The van der Waals surface area contributed by atoms with Gasteiger partial charge < -0.3 is 29.9 Å². The summed E-state index contributed by atoms with van der Waals surface area (Å²) in [7, 11) is 1.61. The second-order valence-electron chi connectivity index (χ2n) is 7.26. The number of nitrogens with zero attached hydrogens (tertiary/aromatic N) is 1. The number of nitrogens with one attached hydrogen (secondary N) is 1. The van der Waals surface area contributed by atoms with E-state index in [1.54, 1.807) is 12.0 Å². The monoisotopic (exact) mass is 356 g/mol. The van der Waals surface area contributed by atoms with E-state index >= 15 is 0 Å². The molecule has 0 aromatic heterocycles. The van der Waals surface area contributed by atoms with Gasteiger partial charge in [-0.05, 0) is 25.7 Å². The highest BCUT2D eigenvalue weighted by molar-refractivity contribution is 5.80. The first-order valence-corrected chi connectivity index (χ1v) is 9.09. The predicted molar refractivity (Wildman–Crippen MR) is 87.6 cm³/mol. The van der Waals surface area contributed by atoms with Crippen LogP contribution in [0.4, 0.5) is 0 Å². The van der Waals surface area contributed by atoms with Crippen LogP contribution < -0.4 is 5.32 Å². The topological polar surface area (TPSA) is 108 Å². The number of methoxy groups -OCH3 is 1. The van der Waals surface area contributed by atoms with Crippen LogP contribution >= 0.6 is 0 Å². The summed E-state index contributed by atoms with van der Waals surface area (Å²) < 4.78 is 10.8. The van der Waals surface area contributed by atoms with E-state index in [1.165, 1.54) is 0 Å². The molecule has 3 fully saturated rings. The number of hydrogen-bond acceptors (Lipinski definition) is 6. The molecule has 3 N–H and O–H groups in total. The normalized spacial score (nSPS) is 35.2. The van der Waals surface area contributed by atoms with E-state index in [4.69, 9.17) is 9.47 Å². The Morgan fingerprint density at radius 2 is 1.92 bits per heavy atom. The number of aliphatic hydroxyl groups excluding tert-OH is 2. The third-order valence-electron chi connectivity index (χ3n) is 5.32. The number of aliphatic hydroxyl groups is 2. The fraction of sp³-hybridized carbons (Fsp3) is 0.882. The average molecular weight is 356 g/mol. The van der Waals surface area contributed by atoms with Gasteiger partial charge in [0.1, 0.15) is 18.3 Å². The van der Waals surface area contributed by atoms with Gasteiger partial charge in [0.05, 0.1) is 25.2 Å². The molecular weight excluding hydrogens is 328 g/mol. The van der Waals surface area contributed by atoms with Crippen molar-refractivity contribution in [3.8, 4) is 0 Å². The van der Waals surface area contributed by atoms with Crippen LogP contribution in [0.2, 0.25) is 0 Å². The van der Waals surface area contributed by atoms with E-state index in [0.29, 0.717) is 13.2 Å². The molecule has 5 atom stereocenters. The number of amides is 2. The molecule has 3 rings (SSSR count). The quantitative estimate of drug-likeness (QED) is 0.542. The van der Waals surface area contributed by atoms with Crippen molar-refractivity contribution in [1.82, 2.24) is 10.2 Å². The van der Waals surface area contributed by atoms with Crippen molar-refractivity contribution in [2.45, 2.75) is 62.6 Å². The van der Waals surface area contributed by atoms with Gasteiger partial charge in [0.25, 0.3) is 0 Å². The smallest absolute Gasteiger partial charge is 0.225 e. The summed E-state index contributed by atoms with van der Waals surface area (Å²) in [6.45, 7) is 1.33. The first kappa shape index (κ1) is 18.6. The van der Waals surface area contributed by atoms with Crippen LogP contribution in [0.1, 0.15) is 32.1 Å². The Balaban J connectivity index is 1.50. The van der Waals surface area contributed by atoms with Crippen LogP contribution in [0.15, 0.2) is 0 Å². The van der Waals surface area contributed by atoms with Gasteiger partial charge in [-0.2, -0.15) is 0 Å². The minimum atomic E-state index is -1.13. The second-order valence-corrected chi connectivity index (χ2v) is 7.26. The van der Waals surface area contributed by atoms with Gasteiger partial charge >= 0.3 is 0 Å². The molecule has 2 saturated heterocycles. The van der Waals surface area contributed by atoms with Crippen molar-refractivity contribution >= 4 is 11.8 Å². The lowest BCUT2D eigenvalue weighted by Gasteiger charge is -2.26. The number of hydrogen-bond donors (Lipinski definition) is 3. The number of carbonyl (C=O) groups is 2. The number of ether oxygens (including phenoxy) is 2. The molecule has 8 heteroatoms. The molecule has 0 aromatic carbocycles. The SMILES string of the molecule is COCC1CCCN1C(=O)CC1OC(CNC(=O)C2CC2)C(O)C1O. The van der Waals surface area contributed by atoms with Gasteiger partial charge in [-0.3, -0.25) is 9.59 Å². The molecule has 0 bridgehead atoms. The molecule has 2 heterocycles. The maximum atomic E-state index is 12.5. The lowest BCUT2D eigenvalue weighted by molar-refractivity contribution is -0.137. The Morgan fingerprint density at radius 1 is 1.20 bits per heavy atom. The first-order valence-electron chi connectivity index (χ1n) is 9.09. The van der Waals surface area contributed by atoms with Crippen molar-refractivity contribution in [1.29, 1.82) is 0 Å². The van der Waals surface area contributed by atoms with E-state index in [9.17, 15) is 19.8 Å². The third-order valence-corrected chi connectivity index (χ3v) is 5.32. The molecule has 1 aliphatic carbocycles. The molecule has 2 amide bonds. The Bertz CT molecular complexity index is 498. The largest absolute Gasteiger partial charge is 0.388 e. The zero-order valence-corrected chi connectivity index (χ0v) is 14.6. The highest BCUT2D eigenvalue weighted by Gasteiger charge is 2.44. The summed E-state index contributed by atoms with van der Waals surface area (Å²) in [6.07, 6.45) is -0.0147. The molecule has 25 heavy (non-hydrogen) atoms. The Labute approximate surface area is 147 Å². The van der Waals surface area contributed by atoms with E-state index < -0.39 is 24.4 Å². The Morgan fingerprint density at radius 3 is 2.60 bits per heavy atom. The van der Waals surface area contributed by atoms with Crippen LogP contribution in [0.3, 0.4) is 0 Å². The molecule has 2 aliphatic heterocycles. The Kier molecular flexibility index (Phi) is 5.93. The molecule has 5 unspecified atom stereocenters. The molecule has 3 aliphatic rings. The minimum absolute atomic E-state index is 0.0194. The van der Waals surface area contributed by atoms with Crippen molar-refractivity contribution in [3.63, 3.8) is 0 Å². The molecule has 0 spiro atoms. The van der Waals surface area contributed by atoms with E-state index in [-0.39, 0.29) is 36.7 Å². The van der Waals surface area contributed by atoms with Crippen molar-refractivity contribution in [2.24, 2.45) is 5.92 Å². The summed E-state index contributed by atoms with van der Waals surface area (Å²) >= 11 is 0. The van der Waals surface area contributed by atoms with Gasteiger partial charge in [-0.25, -0.2) is 0 Å². The minimum Gasteiger partial charge on any atom is -0.388 e. The predicted octanol–water partition coefficient (Wildman–Crippen LogP) is -0.971. The fourth-order valence-corrected chi connectivity index (χ4v) is 3.67. The van der Waals surface area contributed by atoms with E-state index in [2.05, 4.69) is 5.32 Å². The summed E-state index contributed by atoms with van der Waals surface area (Å²) in [5.74, 6) is -0.0588. The highest BCUT2D eigenvalue weighted by atomic mass is 16.5. The first-order chi connectivity index (χ1) is 12.0. The van der Waals surface area contributed by atoms with Gasteiger partial charge in [0.2, 0.25) is 11.8 Å². The lowest BCUT2D eigenvalue weighted by atomic mass is 10.0. The zero-order chi connectivity index (χ0) is 18.0. The molecular formula is C17H28N2O6. The maximum Gasteiger partial charge on any atom is 0.225 e. The van der Waals surface area contributed by atoms with Gasteiger partial charge in [0.15, 0.2) is 0 Å². The average Bonchev–Trinajstić information content (AvgIpc) is 3.29. The van der Waals surface area contributed by atoms with E-state index in [0.717, 1.165) is 25.7 Å². The van der Waals surface area contributed by atoms with Gasteiger partial charge in [0, 0.05) is 26.1 Å². The molecule has 8 nitrogen and oxygen atoms in total. The third kappa shape index (κ3) is 4.31. The zero-order valence-electron chi connectivity index (χ0n) is 14.6. The Hall–Kier alpha value is -1.22. The number of carbonyl (C=O) groups excluding carboxylic acids is 2. The van der Waals surface area contributed by atoms with Gasteiger partial charge in [-0.1, -0.05) is 0 Å². The number of likely N-dealkylation sites (tertiary alicyclic amines) is 1. The summed E-state index contributed by atoms with van der Waals surface area (Å²) in [5, 5.41) is 23.1.